The Bertz CT molecular complexity index is 909. The maximum Gasteiger partial charge on any atom is 0.255 e. The van der Waals surface area contributed by atoms with Gasteiger partial charge in [0.25, 0.3) is 5.91 Å². The molecule has 4 nitrogen and oxygen atoms in total. The first-order valence-corrected chi connectivity index (χ1v) is 8.47. The van der Waals surface area contributed by atoms with E-state index >= 15 is 0 Å². The van der Waals surface area contributed by atoms with Crippen molar-refractivity contribution in [3.8, 4) is 0 Å². The molecule has 0 radical (unpaired) electrons. The van der Waals surface area contributed by atoms with Crippen molar-refractivity contribution >= 4 is 35.2 Å². The van der Waals surface area contributed by atoms with E-state index in [2.05, 4.69) is 10.6 Å². The Balaban J connectivity index is 1.64. The molecule has 0 atom stereocenters. The predicted molar refractivity (Wildman–Crippen MR) is 105 cm³/mol. The maximum absolute atomic E-state index is 12.3. The molecule has 0 heterocycles. The molecule has 2 N–H and O–H groups in total. The number of rotatable bonds is 6. The summed E-state index contributed by atoms with van der Waals surface area (Å²) >= 11 is 6.31. The molecular weight excluding hydrogens is 348 g/mol. The van der Waals surface area contributed by atoms with Crippen LogP contribution in [0.25, 0.3) is 0 Å². The highest BCUT2D eigenvalue weighted by molar-refractivity contribution is 6.33. The lowest BCUT2D eigenvalue weighted by atomic mass is 10.1. The minimum Gasteiger partial charge on any atom is -0.380 e. The van der Waals surface area contributed by atoms with Gasteiger partial charge in [0.1, 0.15) is 6.29 Å². The number of amides is 1. The number of aldehydes is 1. The van der Waals surface area contributed by atoms with Gasteiger partial charge in [-0.15, -0.1) is 0 Å². The highest BCUT2D eigenvalue weighted by atomic mass is 35.5. The lowest BCUT2D eigenvalue weighted by Gasteiger charge is -2.11. The number of hydrogen-bond donors (Lipinski definition) is 2. The monoisotopic (exact) mass is 364 g/mol. The summed E-state index contributed by atoms with van der Waals surface area (Å²) in [5, 5.41) is 6.60. The Morgan fingerprint density at radius 2 is 1.69 bits per heavy atom. The highest BCUT2D eigenvalue weighted by Crippen LogP contribution is 2.26. The molecule has 0 aliphatic rings. The molecule has 0 aliphatic heterocycles. The van der Waals surface area contributed by atoms with Gasteiger partial charge in [0.05, 0.1) is 10.7 Å². The van der Waals surface area contributed by atoms with Crippen molar-refractivity contribution in [2.75, 3.05) is 10.6 Å². The van der Waals surface area contributed by atoms with E-state index in [0.717, 1.165) is 17.5 Å². The number of benzene rings is 3. The summed E-state index contributed by atoms with van der Waals surface area (Å²) in [5.74, 6) is -0.261. The summed E-state index contributed by atoms with van der Waals surface area (Å²) in [6.45, 7) is 0.662. The average molecular weight is 365 g/mol. The van der Waals surface area contributed by atoms with E-state index in [1.807, 2.05) is 36.4 Å². The summed E-state index contributed by atoms with van der Waals surface area (Å²) in [7, 11) is 0. The quantitative estimate of drug-likeness (QED) is 0.604. The summed E-state index contributed by atoms with van der Waals surface area (Å²) in [5.41, 5.74) is 3.55. The Kier molecular flexibility index (Phi) is 5.66. The van der Waals surface area contributed by atoms with Gasteiger partial charge >= 0.3 is 0 Å². The van der Waals surface area contributed by atoms with Crippen LogP contribution < -0.4 is 10.6 Å². The molecular formula is C21H17ClN2O2. The molecule has 0 aromatic heterocycles. The number of hydrogen-bond acceptors (Lipinski definition) is 3. The summed E-state index contributed by atoms with van der Waals surface area (Å²) in [4.78, 5) is 22.9. The average Bonchev–Trinajstić information content (AvgIpc) is 2.68. The third-order valence-electron chi connectivity index (χ3n) is 3.86. The minimum absolute atomic E-state index is 0.261. The van der Waals surface area contributed by atoms with Gasteiger partial charge in [0.2, 0.25) is 0 Å². The first-order valence-electron chi connectivity index (χ1n) is 8.09. The second-order valence-corrected chi connectivity index (χ2v) is 6.13. The second-order valence-electron chi connectivity index (χ2n) is 5.73. The molecule has 5 heteroatoms. The lowest BCUT2D eigenvalue weighted by Crippen LogP contribution is -2.12. The SMILES string of the molecule is O=Cc1ccc(C(=O)Nc2ccc(NCc3ccccc3)c(Cl)c2)cc1. The van der Waals surface area contributed by atoms with Crippen molar-refractivity contribution in [1.29, 1.82) is 0 Å². The van der Waals surface area contributed by atoms with Crippen molar-refractivity contribution in [1.82, 2.24) is 0 Å². The van der Waals surface area contributed by atoms with Gasteiger partial charge in [-0.3, -0.25) is 9.59 Å². The first-order chi connectivity index (χ1) is 12.7. The van der Waals surface area contributed by atoms with Crippen LogP contribution in [0.1, 0.15) is 26.3 Å². The number of carbonyl (C=O) groups is 2. The van der Waals surface area contributed by atoms with Crippen LogP contribution in [0, 0.1) is 0 Å². The van der Waals surface area contributed by atoms with Gasteiger partial charge in [0.15, 0.2) is 0 Å². The fraction of sp³-hybridized carbons (Fsp3) is 0.0476. The Morgan fingerprint density at radius 1 is 0.962 bits per heavy atom. The molecule has 130 valence electrons. The molecule has 0 aliphatic carbocycles. The Labute approximate surface area is 156 Å². The van der Waals surface area contributed by atoms with Crippen LogP contribution in [0.2, 0.25) is 5.02 Å². The third kappa shape index (κ3) is 4.49. The van der Waals surface area contributed by atoms with Crippen LogP contribution in [-0.2, 0) is 6.54 Å². The molecule has 3 aromatic rings. The van der Waals surface area contributed by atoms with Crippen molar-refractivity contribution in [3.05, 3.63) is 94.5 Å². The molecule has 26 heavy (non-hydrogen) atoms. The van der Waals surface area contributed by atoms with Crippen molar-refractivity contribution in [3.63, 3.8) is 0 Å². The minimum atomic E-state index is -0.261. The lowest BCUT2D eigenvalue weighted by molar-refractivity contribution is 0.102. The zero-order valence-corrected chi connectivity index (χ0v) is 14.7. The van der Waals surface area contributed by atoms with Crippen LogP contribution in [0.5, 0.6) is 0 Å². The van der Waals surface area contributed by atoms with E-state index in [9.17, 15) is 9.59 Å². The topological polar surface area (TPSA) is 58.2 Å². The van der Waals surface area contributed by atoms with Gasteiger partial charge in [0, 0.05) is 23.4 Å². The van der Waals surface area contributed by atoms with Crippen LogP contribution in [0.15, 0.2) is 72.8 Å². The Morgan fingerprint density at radius 3 is 2.35 bits per heavy atom. The molecule has 0 saturated heterocycles. The van der Waals surface area contributed by atoms with Crippen molar-refractivity contribution < 1.29 is 9.59 Å². The third-order valence-corrected chi connectivity index (χ3v) is 4.17. The van der Waals surface area contributed by atoms with Gasteiger partial charge in [-0.2, -0.15) is 0 Å². The number of carbonyl (C=O) groups excluding carboxylic acids is 2. The van der Waals surface area contributed by atoms with E-state index in [4.69, 9.17) is 11.6 Å². The fourth-order valence-electron chi connectivity index (χ4n) is 2.45. The summed E-state index contributed by atoms with van der Waals surface area (Å²) < 4.78 is 0. The molecule has 0 spiro atoms. The molecule has 3 aromatic carbocycles. The van der Waals surface area contributed by atoms with Crippen LogP contribution in [-0.4, -0.2) is 12.2 Å². The standard InChI is InChI=1S/C21H17ClN2O2/c22-19-12-18(24-21(26)17-8-6-16(14-25)7-9-17)10-11-20(19)23-13-15-4-2-1-3-5-15/h1-12,14,23H,13H2,(H,24,26). The van der Waals surface area contributed by atoms with E-state index < -0.39 is 0 Å². The zero-order valence-electron chi connectivity index (χ0n) is 13.9. The largest absolute Gasteiger partial charge is 0.380 e. The predicted octanol–water partition coefficient (Wildman–Crippen LogP) is 5.02. The molecule has 1 amide bonds. The first kappa shape index (κ1) is 17.7. The van der Waals surface area contributed by atoms with Crippen molar-refractivity contribution in [2.24, 2.45) is 0 Å². The maximum atomic E-state index is 12.3. The molecule has 0 saturated carbocycles. The molecule has 0 bridgehead atoms. The molecule has 3 rings (SSSR count). The summed E-state index contributed by atoms with van der Waals surface area (Å²) in [6.07, 6.45) is 0.739. The van der Waals surface area contributed by atoms with Crippen LogP contribution in [0.4, 0.5) is 11.4 Å². The highest BCUT2D eigenvalue weighted by Gasteiger charge is 2.08. The van der Waals surface area contributed by atoms with E-state index in [0.29, 0.717) is 28.4 Å². The smallest absolute Gasteiger partial charge is 0.255 e. The van der Waals surface area contributed by atoms with Gasteiger partial charge in [-0.25, -0.2) is 0 Å². The van der Waals surface area contributed by atoms with E-state index in [1.54, 1.807) is 36.4 Å². The van der Waals surface area contributed by atoms with Gasteiger partial charge < -0.3 is 10.6 Å². The normalized spacial score (nSPS) is 10.2. The number of halogens is 1. The van der Waals surface area contributed by atoms with E-state index in [-0.39, 0.29) is 5.91 Å². The molecule has 0 unspecified atom stereocenters. The molecule has 0 fully saturated rings. The van der Waals surface area contributed by atoms with Crippen LogP contribution in [0.3, 0.4) is 0 Å². The fourth-order valence-corrected chi connectivity index (χ4v) is 2.69. The number of nitrogens with one attached hydrogen (secondary N) is 2. The summed E-state index contributed by atoms with van der Waals surface area (Å²) in [6, 6.07) is 21.7. The second kappa shape index (κ2) is 8.32. The van der Waals surface area contributed by atoms with Gasteiger partial charge in [-0.1, -0.05) is 54.1 Å². The van der Waals surface area contributed by atoms with Crippen molar-refractivity contribution in [2.45, 2.75) is 6.54 Å². The Hall–Kier alpha value is -3.11. The van der Waals surface area contributed by atoms with E-state index in [1.165, 1.54) is 0 Å². The van der Waals surface area contributed by atoms with Crippen LogP contribution >= 0.6 is 11.6 Å². The number of anilines is 2. The van der Waals surface area contributed by atoms with Gasteiger partial charge in [-0.05, 0) is 35.9 Å². The zero-order chi connectivity index (χ0) is 18.4.